The van der Waals surface area contributed by atoms with E-state index in [9.17, 15) is 4.79 Å². The van der Waals surface area contributed by atoms with Gasteiger partial charge in [-0.1, -0.05) is 30.3 Å². The van der Waals surface area contributed by atoms with Gasteiger partial charge in [-0.05, 0) is 12.5 Å². The van der Waals surface area contributed by atoms with Crippen molar-refractivity contribution in [3.63, 3.8) is 0 Å². The van der Waals surface area contributed by atoms with Crippen molar-refractivity contribution < 1.29 is 15.0 Å². The maximum Gasteiger partial charge on any atom is 0.131 e. The molecule has 0 aliphatic rings. The van der Waals surface area contributed by atoms with Crippen molar-refractivity contribution in [2.45, 2.75) is 12.3 Å². The van der Waals surface area contributed by atoms with E-state index in [0.29, 0.717) is 19.6 Å². The van der Waals surface area contributed by atoms with Crippen molar-refractivity contribution in [2.75, 3.05) is 32.8 Å². The van der Waals surface area contributed by atoms with E-state index in [0.717, 1.165) is 11.8 Å². The Bertz CT molecular complexity index is 349. The molecule has 0 fully saturated rings. The molecule has 1 aromatic rings. The molecule has 2 N–H and O–H groups in total. The van der Waals surface area contributed by atoms with Crippen molar-refractivity contribution in [1.29, 1.82) is 0 Å². The first-order valence-corrected chi connectivity index (χ1v) is 6.12. The molecule has 18 heavy (non-hydrogen) atoms. The molecular weight excluding hydrogens is 230 g/mol. The molecule has 0 saturated carbocycles. The molecule has 0 spiro atoms. The topological polar surface area (TPSA) is 60.8 Å². The van der Waals surface area contributed by atoms with E-state index < -0.39 is 5.41 Å². The fourth-order valence-corrected chi connectivity index (χ4v) is 2.03. The molecule has 0 amide bonds. The lowest BCUT2D eigenvalue weighted by atomic mass is 9.83. The number of rotatable bonds is 8. The van der Waals surface area contributed by atoms with E-state index >= 15 is 0 Å². The first-order chi connectivity index (χ1) is 8.66. The third-order valence-corrected chi connectivity index (χ3v) is 3.08. The number of aliphatic hydroxyl groups is 2. The summed E-state index contributed by atoms with van der Waals surface area (Å²) in [7, 11) is 0. The van der Waals surface area contributed by atoms with Gasteiger partial charge in [-0.2, -0.15) is 0 Å². The van der Waals surface area contributed by atoms with Crippen LogP contribution in [0, 0.1) is 0 Å². The Morgan fingerprint density at radius 3 is 2.17 bits per heavy atom. The summed E-state index contributed by atoms with van der Waals surface area (Å²) in [5, 5.41) is 18.0. The highest BCUT2D eigenvalue weighted by Gasteiger charge is 2.28. The normalized spacial score (nSPS) is 14.4. The number of nitrogens with zero attached hydrogens (tertiary/aromatic N) is 1. The number of hydrogen-bond donors (Lipinski definition) is 2. The average molecular weight is 251 g/mol. The minimum absolute atomic E-state index is 0.0176. The second-order valence-electron chi connectivity index (χ2n) is 4.62. The van der Waals surface area contributed by atoms with Crippen molar-refractivity contribution in [3.8, 4) is 0 Å². The zero-order valence-corrected chi connectivity index (χ0v) is 10.7. The Balaban J connectivity index is 2.84. The maximum absolute atomic E-state index is 11.4. The quantitative estimate of drug-likeness (QED) is 0.658. The van der Waals surface area contributed by atoms with Crippen molar-refractivity contribution >= 4 is 6.29 Å². The zero-order chi connectivity index (χ0) is 13.4. The molecule has 0 saturated heterocycles. The monoisotopic (exact) mass is 251 g/mol. The van der Waals surface area contributed by atoms with Crippen LogP contribution in [0.1, 0.15) is 12.5 Å². The summed E-state index contributed by atoms with van der Waals surface area (Å²) in [5.74, 6) is 0. The fourth-order valence-electron chi connectivity index (χ4n) is 2.03. The van der Waals surface area contributed by atoms with E-state index in [1.807, 2.05) is 42.2 Å². The Labute approximate surface area is 108 Å². The first-order valence-electron chi connectivity index (χ1n) is 6.12. The van der Waals surface area contributed by atoms with Crippen LogP contribution in [0.3, 0.4) is 0 Å². The van der Waals surface area contributed by atoms with Gasteiger partial charge in [0.25, 0.3) is 0 Å². The van der Waals surface area contributed by atoms with Gasteiger partial charge < -0.3 is 15.0 Å². The lowest BCUT2D eigenvalue weighted by Gasteiger charge is -2.31. The molecule has 0 aliphatic carbocycles. The minimum Gasteiger partial charge on any atom is -0.395 e. The number of benzene rings is 1. The average Bonchev–Trinajstić information content (AvgIpc) is 2.40. The number of aldehydes is 1. The lowest BCUT2D eigenvalue weighted by Crippen LogP contribution is -2.42. The molecule has 4 heteroatoms. The van der Waals surface area contributed by atoms with Crippen LogP contribution in [0.4, 0.5) is 0 Å². The molecule has 1 rings (SSSR count). The number of hydrogen-bond acceptors (Lipinski definition) is 4. The summed E-state index contributed by atoms with van der Waals surface area (Å²) in [6.45, 7) is 3.31. The van der Waals surface area contributed by atoms with Gasteiger partial charge in [0.2, 0.25) is 0 Å². The summed E-state index contributed by atoms with van der Waals surface area (Å²) < 4.78 is 0. The van der Waals surface area contributed by atoms with E-state index in [2.05, 4.69) is 0 Å². The lowest BCUT2D eigenvalue weighted by molar-refractivity contribution is -0.112. The predicted octanol–water partition coefficient (Wildman–Crippen LogP) is 0.430. The van der Waals surface area contributed by atoms with Crippen LogP contribution in [0.2, 0.25) is 0 Å². The zero-order valence-electron chi connectivity index (χ0n) is 10.7. The second kappa shape index (κ2) is 7.26. The van der Waals surface area contributed by atoms with Crippen LogP contribution in [0.25, 0.3) is 0 Å². The van der Waals surface area contributed by atoms with Gasteiger partial charge in [0.1, 0.15) is 6.29 Å². The molecule has 0 heterocycles. The third-order valence-electron chi connectivity index (χ3n) is 3.08. The van der Waals surface area contributed by atoms with Gasteiger partial charge in [-0.15, -0.1) is 0 Å². The van der Waals surface area contributed by atoms with Gasteiger partial charge in [-0.25, -0.2) is 0 Å². The van der Waals surface area contributed by atoms with Gasteiger partial charge in [-0.3, -0.25) is 4.90 Å². The fraction of sp³-hybridized carbons (Fsp3) is 0.500. The summed E-state index contributed by atoms with van der Waals surface area (Å²) in [6, 6.07) is 9.56. The Morgan fingerprint density at radius 2 is 1.72 bits per heavy atom. The third kappa shape index (κ3) is 3.91. The Kier molecular flexibility index (Phi) is 5.98. The van der Waals surface area contributed by atoms with E-state index in [1.165, 1.54) is 0 Å². The SMILES string of the molecule is CC(C=O)(CN(CCO)CCO)c1ccccc1. The highest BCUT2D eigenvalue weighted by Crippen LogP contribution is 2.22. The molecule has 1 unspecified atom stereocenters. The summed E-state index contributed by atoms with van der Waals surface area (Å²) in [5.41, 5.74) is 0.326. The molecule has 4 nitrogen and oxygen atoms in total. The Morgan fingerprint density at radius 1 is 1.17 bits per heavy atom. The Hall–Kier alpha value is -1.23. The molecule has 0 radical (unpaired) electrons. The molecular formula is C14H21NO3. The highest BCUT2D eigenvalue weighted by molar-refractivity contribution is 5.68. The van der Waals surface area contributed by atoms with Crippen LogP contribution in [0.15, 0.2) is 30.3 Å². The molecule has 1 aromatic carbocycles. The van der Waals surface area contributed by atoms with Crippen molar-refractivity contribution in [2.24, 2.45) is 0 Å². The van der Waals surface area contributed by atoms with Gasteiger partial charge in [0.15, 0.2) is 0 Å². The standard InChI is InChI=1S/C14H21NO3/c1-14(12-18,13-5-3-2-4-6-13)11-15(7-9-16)8-10-17/h2-6,12,16-17H,7-11H2,1H3. The number of carbonyl (C=O) groups excluding carboxylic acids is 1. The minimum atomic E-state index is -0.619. The first kappa shape index (κ1) is 14.8. The van der Waals surface area contributed by atoms with Gasteiger partial charge in [0, 0.05) is 19.6 Å². The van der Waals surface area contributed by atoms with Crippen molar-refractivity contribution in [3.05, 3.63) is 35.9 Å². The van der Waals surface area contributed by atoms with Gasteiger partial charge in [0.05, 0.1) is 18.6 Å². The van der Waals surface area contributed by atoms with Crippen LogP contribution < -0.4 is 0 Å². The summed E-state index contributed by atoms with van der Waals surface area (Å²) >= 11 is 0. The highest BCUT2D eigenvalue weighted by atomic mass is 16.3. The van der Waals surface area contributed by atoms with Crippen LogP contribution >= 0.6 is 0 Å². The van der Waals surface area contributed by atoms with E-state index in [4.69, 9.17) is 10.2 Å². The van der Waals surface area contributed by atoms with Crippen molar-refractivity contribution in [1.82, 2.24) is 4.90 Å². The molecule has 1 atom stereocenters. The molecule has 0 bridgehead atoms. The maximum atomic E-state index is 11.4. The molecule has 0 aliphatic heterocycles. The molecule has 100 valence electrons. The summed E-state index contributed by atoms with van der Waals surface area (Å²) in [6.07, 6.45) is 0.935. The van der Waals surface area contributed by atoms with E-state index in [1.54, 1.807) is 0 Å². The number of carbonyl (C=O) groups is 1. The largest absolute Gasteiger partial charge is 0.395 e. The van der Waals surface area contributed by atoms with Crippen LogP contribution in [-0.4, -0.2) is 54.2 Å². The second-order valence-corrected chi connectivity index (χ2v) is 4.62. The number of aliphatic hydroxyl groups excluding tert-OH is 2. The smallest absolute Gasteiger partial charge is 0.131 e. The summed E-state index contributed by atoms with van der Waals surface area (Å²) in [4.78, 5) is 13.3. The van der Waals surface area contributed by atoms with E-state index in [-0.39, 0.29) is 13.2 Å². The van der Waals surface area contributed by atoms with Crippen LogP contribution in [0.5, 0.6) is 0 Å². The molecule has 0 aromatic heterocycles. The predicted molar refractivity (Wildman–Crippen MR) is 70.5 cm³/mol. The van der Waals surface area contributed by atoms with Crippen LogP contribution in [-0.2, 0) is 10.2 Å². The van der Waals surface area contributed by atoms with Gasteiger partial charge >= 0.3 is 0 Å².